The van der Waals surface area contributed by atoms with Gasteiger partial charge in [-0.3, -0.25) is 9.69 Å². The van der Waals surface area contributed by atoms with Gasteiger partial charge in [-0.25, -0.2) is 0 Å². The Hall–Kier alpha value is -1.75. The molecule has 0 radical (unpaired) electrons. The first kappa shape index (κ1) is 20.6. The number of likely N-dealkylation sites (tertiary alicyclic amines) is 1. The van der Waals surface area contributed by atoms with Crippen LogP contribution in [0, 0.1) is 5.92 Å². The van der Waals surface area contributed by atoms with Crippen molar-refractivity contribution in [3.05, 3.63) is 23.8 Å². The van der Waals surface area contributed by atoms with Gasteiger partial charge in [0.05, 0.1) is 19.8 Å². The molecule has 1 heterocycles. The van der Waals surface area contributed by atoms with Gasteiger partial charge in [-0.05, 0) is 49.4 Å². The van der Waals surface area contributed by atoms with E-state index in [1.165, 1.54) is 0 Å². The van der Waals surface area contributed by atoms with E-state index in [0.717, 1.165) is 62.4 Å². The van der Waals surface area contributed by atoms with E-state index in [0.29, 0.717) is 12.5 Å². The van der Waals surface area contributed by atoms with Gasteiger partial charge in [-0.15, -0.1) is 0 Å². The molecule has 1 N–H and O–H groups in total. The van der Waals surface area contributed by atoms with Crippen molar-refractivity contribution in [1.29, 1.82) is 0 Å². The predicted molar refractivity (Wildman–Crippen MR) is 105 cm³/mol. The van der Waals surface area contributed by atoms with E-state index in [1.807, 2.05) is 12.1 Å². The summed E-state index contributed by atoms with van der Waals surface area (Å²) in [6, 6.07) is 6.04. The van der Waals surface area contributed by atoms with Gasteiger partial charge in [0.2, 0.25) is 5.91 Å². The van der Waals surface area contributed by atoms with E-state index in [9.17, 15) is 4.79 Å². The van der Waals surface area contributed by atoms with Gasteiger partial charge < -0.3 is 14.8 Å². The van der Waals surface area contributed by atoms with E-state index >= 15 is 0 Å². The molecule has 2 rings (SSSR count). The number of nitrogens with one attached hydrogen (secondary N) is 1. The molecule has 0 aromatic heterocycles. The molecule has 0 saturated carbocycles. The van der Waals surface area contributed by atoms with Crippen molar-refractivity contribution in [2.45, 2.75) is 59.0 Å². The third-order valence-corrected chi connectivity index (χ3v) is 4.68. The monoisotopic (exact) mass is 362 g/mol. The molecule has 1 atom stereocenters. The lowest BCUT2D eigenvalue weighted by molar-refractivity contribution is -0.125. The molecule has 146 valence electrons. The second-order valence-electron chi connectivity index (χ2n) is 7.46. The van der Waals surface area contributed by atoms with Crippen LogP contribution in [0.5, 0.6) is 11.5 Å². The van der Waals surface area contributed by atoms with Crippen molar-refractivity contribution in [2.24, 2.45) is 5.92 Å². The second kappa shape index (κ2) is 10.4. The first-order valence-corrected chi connectivity index (χ1v) is 9.86. The number of unbranched alkanes of at least 4 members (excludes halogenated alkanes) is 1. The number of carbonyl (C=O) groups excluding carboxylic acids is 1. The number of nitrogens with zero attached hydrogens (tertiary/aromatic N) is 1. The van der Waals surface area contributed by atoms with Crippen molar-refractivity contribution in [3.8, 4) is 11.5 Å². The lowest BCUT2D eigenvalue weighted by Crippen LogP contribution is -2.43. The van der Waals surface area contributed by atoms with E-state index in [2.05, 4.69) is 37.1 Å². The van der Waals surface area contributed by atoms with Crippen molar-refractivity contribution in [3.63, 3.8) is 0 Å². The summed E-state index contributed by atoms with van der Waals surface area (Å²) in [5.41, 5.74) is 1.15. The van der Waals surface area contributed by atoms with Crippen LogP contribution in [0.3, 0.4) is 0 Å². The number of amides is 1. The van der Waals surface area contributed by atoms with E-state index in [-0.39, 0.29) is 11.9 Å². The third kappa shape index (κ3) is 5.90. The fourth-order valence-corrected chi connectivity index (χ4v) is 3.24. The predicted octanol–water partition coefficient (Wildman–Crippen LogP) is 3.61. The molecule has 26 heavy (non-hydrogen) atoms. The Morgan fingerprint density at radius 1 is 1.35 bits per heavy atom. The Bertz CT molecular complexity index is 574. The zero-order valence-corrected chi connectivity index (χ0v) is 16.7. The minimum atomic E-state index is -0.0195. The Balaban J connectivity index is 2.01. The van der Waals surface area contributed by atoms with Crippen LogP contribution in [0.15, 0.2) is 18.2 Å². The molecule has 5 heteroatoms. The van der Waals surface area contributed by atoms with Gasteiger partial charge >= 0.3 is 0 Å². The van der Waals surface area contributed by atoms with Crippen LogP contribution >= 0.6 is 0 Å². The smallest absolute Gasteiger partial charge is 0.237 e. The average molecular weight is 363 g/mol. The van der Waals surface area contributed by atoms with Crippen molar-refractivity contribution >= 4 is 5.91 Å². The molecule has 0 bridgehead atoms. The van der Waals surface area contributed by atoms with Crippen molar-refractivity contribution in [1.82, 2.24) is 10.2 Å². The zero-order valence-electron chi connectivity index (χ0n) is 16.7. The van der Waals surface area contributed by atoms with Crippen LogP contribution in [0.25, 0.3) is 0 Å². The zero-order chi connectivity index (χ0) is 18.9. The normalized spacial score (nSPS) is 17.5. The highest BCUT2D eigenvalue weighted by Gasteiger charge is 2.30. The van der Waals surface area contributed by atoms with Crippen LogP contribution in [-0.2, 0) is 11.3 Å². The maximum atomic E-state index is 12.5. The highest BCUT2D eigenvalue weighted by atomic mass is 16.5. The fourth-order valence-electron chi connectivity index (χ4n) is 3.24. The molecule has 1 aliphatic rings. The van der Waals surface area contributed by atoms with Gasteiger partial charge in [-0.1, -0.05) is 33.3 Å². The Kier molecular flexibility index (Phi) is 8.23. The number of methoxy groups -OCH3 is 1. The van der Waals surface area contributed by atoms with Crippen LogP contribution < -0.4 is 14.8 Å². The number of ether oxygens (including phenoxy) is 2. The minimum absolute atomic E-state index is 0.0195. The molecule has 1 aromatic carbocycles. The van der Waals surface area contributed by atoms with Crippen LogP contribution in [-0.4, -0.2) is 43.7 Å². The van der Waals surface area contributed by atoms with Gasteiger partial charge in [0.15, 0.2) is 11.5 Å². The standard InChI is InChI=1S/C21H34N2O3/c1-5-6-11-22-21(24)18-8-7-12-23(18)14-17-9-10-19(25-4)20(13-17)26-15-16(2)3/h9-10,13,16,18H,5-8,11-12,14-15H2,1-4H3,(H,22,24)/t18-/m0/s1. The molecule has 5 nitrogen and oxygen atoms in total. The highest BCUT2D eigenvalue weighted by molar-refractivity contribution is 5.82. The number of hydrogen-bond donors (Lipinski definition) is 1. The lowest BCUT2D eigenvalue weighted by Gasteiger charge is -2.24. The SMILES string of the molecule is CCCCNC(=O)[C@@H]1CCCN1Cc1ccc(OC)c(OCC(C)C)c1. The topological polar surface area (TPSA) is 50.8 Å². The summed E-state index contributed by atoms with van der Waals surface area (Å²) in [5, 5.41) is 3.08. The first-order chi connectivity index (χ1) is 12.5. The molecule has 1 amide bonds. The summed E-state index contributed by atoms with van der Waals surface area (Å²) in [6.07, 6.45) is 4.14. The first-order valence-electron chi connectivity index (χ1n) is 9.86. The quantitative estimate of drug-likeness (QED) is 0.646. The van der Waals surface area contributed by atoms with E-state index in [1.54, 1.807) is 7.11 Å². The number of benzene rings is 1. The molecule has 1 aliphatic heterocycles. The Morgan fingerprint density at radius 2 is 2.15 bits per heavy atom. The van der Waals surface area contributed by atoms with Gasteiger partial charge in [0.25, 0.3) is 0 Å². The highest BCUT2D eigenvalue weighted by Crippen LogP contribution is 2.30. The summed E-state index contributed by atoms with van der Waals surface area (Å²) in [4.78, 5) is 14.7. The largest absolute Gasteiger partial charge is 0.493 e. The van der Waals surface area contributed by atoms with Gasteiger partial charge in [0, 0.05) is 13.1 Å². The van der Waals surface area contributed by atoms with Crippen LogP contribution in [0.2, 0.25) is 0 Å². The maximum Gasteiger partial charge on any atom is 0.237 e. The minimum Gasteiger partial charge on any atom is -0.493 e. The average Bonchev–Trinajstić information content (AvgIpc) is 3.08. The fraction of sp³-hybridized carbons (Fsp3) is 0.667. The number of hydrogen-bond acceptors (Lipinski definition) is 4. The molecule has 1 fully saturated rings. The summed E-state index contributed by atoms with van der Waals surface area (Å²) in [7, 11) is 1.66. The number of rotatable bonds is 10. The van der Waals surface area contributed by atoms with Gasteiger partial charge in [-0.2, -0.15) is 0 Å². The molecule has 0 unspecified atom stereocenters. The summed E-state index contributed by atoms with van der Waals surface area (Å²) in [5.74, 6) is 2.16. The maximum absolute atomic E-state index is 12.5. The van der Waals surface area contributed by atoms with Crippen LogP contribution in [0.1, 0.15) is 52.0 Å². The third-order valence-electron chi connectivity index (χ3n) is 4.68. The van der Waals surface area contributed by atoms with E-state index in [4.69, 9.17) is 9.47 Å². The molecule has 1 saturated heterocycles. The molecular formula is C21H34N2O3. The van der Waals surface area contributed by atoms with Crippen LogP contribution in [0.4, 0.5) is 0 Å². The number of carbonyl (C=O) groups is 1. The molecule has 0 spiro atoms. The molecular weight excluding hydrogens is 328 g/mol. The second-order valence-corrected chi connectivity index (χ2v) is 7.46. The summed E-state index contributed by atoms with van der Waals surface area (Å²) >= 11 is 0. The summed E-state index contributed by atoms with van der Waals surface area (Å²) < 4.78 is 11.3. The van der Waals surface area contributed by atoms with Gasteiger partial charge in [0.1, 0.15) is 0 Å². The molecule has 1 aromatic rings. The molecule has 0 aliphatic carbocycles. The Labute approximate surface area is 158 Å². The van der Waals surface area contributed by atoms with E-state index < -0.39 is 0 Å². The lowest BCUT2D eigenvalue weighted by atomic mass is 10.1. The summed E-state index contributed by atoms with van der Waals surface area (Å²) in [6.45, 7) is 9.54. The van der Waals surface area contributed by atoms with Crippen molar-refractivity contribution in [2.75, 3.05) is 26.8 Å². The van der Waals surface area contributed by atoms with Crippen molar-refractivity contribution < 1.29 is 14.3 Å². The Morgan fingerprint density at radius 3 is 2.85 bits per heavy atom.